The van der Waals surface area contributed by atoms with Gasteiger partial charge in [-0.15, -0.1) is 0 Å². The van der Waals surface area contributed by atoms with Crippen molar-refractivity contribution in [2.24, 2.45) is 11.1 Å². The average Bonchev–Trinajstić information content (AvgIpc) is 2.29. The number of aliphatic hydroxyl groups is 1. The topological polar surface area (TPSA) is 46.2 Å². The lowest BCUT2D eigenvalue weighted by molar-refractivity contribution is 0.119. The van der Waals surface area contributed by atoms with Gasteiger partial charge in [-0.05, 0) is 29.9 Å². The van der Waals surface area contributed by atoms with Crippen LogP contribution in [0.1, 0.15) is 45.1 Å². The molecule has 0 bridgehead atoms. The van der Waals surface area contributed by atoms with Crippen molar-refractivity contribution in [3.05, 3.63) is 34.3 Å². The van der Waals surface area contributed by atoms with Gasteiger partial charge in [0.25, 0.3) is 0 Å². The summed E-state index contributed by atoms with van der Waals surface area (Å²) in [6, 6.07) is 7.98. The van der Waals surface area contributed by atoms with E-state index in [1.54, 1.807) is 0 Å². The van der Waals surface area contributed by atoms with Crippen LogP contribution in [0.4, 0.5) is 0 Å². The van der Waals surface area contributed by atoms with Crippen molar-refractivity contribution in [3.8, 4) is 0 Å². The Labute approximate surface area is 119 Å². The minimum Gasteiger partial charge on any atom is -0.392 e. The number of benzene rings is 1. The third kappa shape index (κ3) is 4.71. The summed E-state index contributed by atoms with van der Waals surface area (Å²) >= 11 is 3.53. The molecule has 0 aliphatic heterocycles. The molecule has 1 aromatic carbocycles. The Kier molecular flexibility index (Phi) is 5.83. The molecule has 0 heterocycles. The van der Waals surface area contributed by atoms with Crippen molar-refractivity contribution in [1.82, 2.24) is 0 Å². The Bertz CT molecular complexity index is 373. The highest BCUT2D eigenvalue weighted by Gasteiger charge is 2.23. The SMILES string of the molecule is CC(C)(C)CCC(O)C(CN)c1ccccc1Br. The molecule has 3 N–H and O–H groups in total. The molecule has 0 aliphatic carbocycles. The summed E-state index contributed by atoms with van der Waals surface area (Å²) in [7, 11) is 0. The Morgan fingerprint density at radius 2 is 1.89 bits per heavy atom. The van der Waals surface area contributed by atoms with Crippen LogP contribution < -0.4 is 5.73 Å². The number of hydrogen-bond donors (Lipinski definition) is 2. The van der Waals surface area contributed by atoms with Crippen LogP contribution in [0.15, 0.2) is 28.7 Å². The van der Waals surface area contributed by atoms with E-state index in [1.807, 2.05) is 24.3 Å². The lowest BCUT2D eigenvalue weighted by atomic mass is 9.84. The smallest absolute Gasteiger partial charge is 0.0621 e. The Hall–Kier alpha value is -0.380. The van der Waals surface area contributed by atoms with Gasteiger partial charge in [0.1, 0.15) is 0 Å². The summed E-state index contributed by atoms with van der Waals surface area (Å²) in [5.74, 6) is 0.00271. The normalized spacial score (nSPS) is 15.4. The van der Waals surface area contributed by atoms with Gasteiger partial charge in [-0.25, -0.2) is 0 Å². The molecule has 0 amide bonds. The fourth-order valence-corrected chi connectivity index (χ4v) is 2.63. The van der Waals surface area contributed by atoms with Crippen LogP contribution in [0.3, 0.4) is 0 Å². The molecule has 1 aromatic rings. The first-order chi connectivity index (χ1) is 8.35. The predicted molar refractivity (Wildman–Crippen MR) is 80.6 cm³/mol. The van der Waals surface area contributed by atoms with Crippen molar-refractivity contribution in [2.75, 3.05) is 6.54 Å². The maximum absolute atomic E-state index is 10.3. The van der Waals surface area contributed by atoms with E-state index in [9.17, 15) is 5.11 Å². The van der Waals surface area contributed by atoms with Crippen LogP contribution in [-0.2, 0) is 0 Å². The van der Waals surface area contributed by atoms with E-state index in [2.05, 4.69) is 36.7 Å². The first-order valence-corrected chi connectivity index (χ1v) is 7.27. The third-order valence-corrected chi connectivity index (χ3v) is 3.94. The fourth-order valence-electron chi connectivity index (χ4n) is 2.05. The van der Waals surface area contributed by atoms with Crippen molar-refractivity contribution in [1.29, 1.82) is 0 Å². The molecule has 1 rings (SSSR count). The summed E-state index contributed by atoms with van der Waals surface area (Å²) in [5.41, 5.74) is 7.18. The monoisotopic (exact) mass is 313 g/mol. The van der Waals surface area contributed by atoms with Gasteiger partial charge >= 0.3 is 0 Å². The third-order valence-electron chi connectivity index (χ3n) is 3.21. The molecule has 2 unspecified atom stereocenters. The zero-order chi connectivity index (χ0) is 13.8. The Balaban J connectivity index is 2.75. The second-order valence-electron chi connectivity index (χ2n) is 6.03. The van der Waals surface area contributed by atoms with E-state index in [0.717, 1.165) is 22.9 Å². The molecule has 2 nitrogen and oxygen atoms in total. The first-order valence-electron chi connectivity index (χ1n) is 6.47. The highest BCUT2D eigenvalue weighted by molar-refractivity contribution is 9.10. The van der Waals surface area contributed by atoms with Gasteiger partial charge in [-0.1, -0.05) is 54.9 Å². The molecular formula is C15H24BrNO. The first kappa shape index (κ1) is 15.7. The predicted octanol–water partition coefficient (Wildman–Crippen LogP) is 3.68. The van der Waals surface area contributed by atoms with Crippen LogP contribution in [0, 0.1) is 5.41 Å². The van der Waals surface area contributed by atoms with Gasteiger partial charge < -0.3 is 10.8 Å². The van der Waals surface area contributed by atoms with Crippen LogP contribution in [-0.4, -0.2) is 17.8 Å². The summed E-state index contributed by atoms with van der Waals surface area (Å²) in [5, 5.41) is 10.3. The van der Waals surface area contributed by atoms with Gasteiger partial charge in [0.05, 0.1) is 6.10 Å². The molecule has 18 heavy (non-hydrogen) atoms. The van der Waals surface area contributed by atoms with Crippen LogP contribution >= 0.6 is 15.9 Å². The Morgan fingerprint density at radius 1 is 1.28 bits per heavy atom. The number of rotatable bonds is 5. The zero-order valence-electron chi connectivity index (χ0n) is 11.5. The minimum atomic E-state index is -0.382. The molecule has 0 radical (unpaired) electrons. The van der Waals surface area contributed by atoms with Crippen LogP contribution in [0.25, 0.3) is 0 Å². The quantitative estimate of drug-likeness (QED) is 0.871. The van der Waals surface area contributed by atoms with E-state index < -0.39 is 0 Å². The van der Waals surface area contributed by atoms with E-state index in [-0.39, 0.29) is 17.4 Å². The van der Waals surface area contributed by atoms with Gasteiger partial charge in [-0.3, -0.25) is 0 Å². The molecular weight excluding hydrogens is 290 g/mol. The number of aliphatic hydroxyl groups excluding tert-OH is 1. The fraction of sp³-hybridized carbons (Fsp3) is 0.600. The standard InChI is InChI=1S/C15H24BrNO/c1-15(2,3)9-8-14(18)12(10-17)11-6-4-5-7-13(11)16/h4-7,12,14,18H,8-10,17H2,1-3H3. The Morgan fingerprint density at radius 3 is 2.39 bits per heavy atom. The van der Waals surface area contributed by atoms with Crippen LogP contribution in [0.2, 0.25) is 0 Å². The molecule has 3 heteroatoms. The molecule has 102 valence electrons. The summed E-state index contributed by atoms with van der Waals surface area (Å²) in [4.78, 5) is 0. The summed E-state index contributed by atoms with van der Waals surface area (Å²) < 4.78 is 1.02. The number of hydrogen-bond acceptors (Lipinski definition) is 2. The second kappa shape index (κ2) is 6.69. The van der Waals surface area contributed by atoms with Crippen molar-refractivity contribution in [3.63, 3.8) is 0 Å². The maximum Gasteiger partial charge on any atom is 0.0621 e. The molecule has 0 aromatic heterocycles. The van der Waals surface area contributed by atoms with Crippen molar-refractivity contribution >= 4 is 15.9 Å². The lowest BCUT2D eigenvalue weighted by Crippen LogP contribution is -2.27. The van der Waals surface area contributed by atoms with Gasteiger partial charge in [0, 0.05) is 16.9 Å². The van der Waals surface area contributed by atoms with E-state index in [4.69, 9.17) is 5.73 Å². The molecule has 0 aliphatic rings. The molecule has 0 saturated heterocycles. The zero-order valence-corrected chi connectivity index (χ0v) is 13.1. The minimum absolute atomic E-state index is 0.00271. The summed E-state index contributed by atoms with van der Waals surface area (Å²) in [6.45, 7) is 7.04. The van der Waals surface area contributed by atoms with E-state index >= 15 is 0 Å². The molecule has 0 saturated carbocycles. The van der Waals surface area contributed by atoms with Gasteiger partial charge in [-0.2, -0.15) is 0 Å². The number of nitrogens with two attached hydrogens (primary N) is 1. The highest BCUT2D eigenvalue weighted by atomic mass is 79.9. The average molecular weight is 314 g/mol. The lowest BCUT2D eigenvalue weighted by Gasteiger charge is -2.26. The van der Waals surface area contributed by atoms with Crippen molar-refractivity contribution in [2.45, 2.75) is 45.6 Å². The molecule has 2 atom stereocenters. The number of halogens is 1. The highest BCUT2D eigenvalue weighted by Crippen LogP contribution is 2.30. The summed E-state index contributed by atoms with van der Waals surface area (Å²) in [6.07, 6.45) is 1.40. The van der Waals surface area contributed by atoms with Crippen molar-refractivity contribution < 1.29 is 5.11 Å². The molecule has 0 fully saturated rings. The van der Waals surface area contributed by atoms with Gasteiger partial charge in [0.2, 0.25) is 0 Å². The van der Waals surface area contributed by atoms with Crippen LogP contribution in [0.5, 0.6) is 0 Å². The molecule has 0 spiro atoms. The van der Waals surface area contributed by atoms with E-state index in [1.165, 1.54) is 0 Å². The van der Waals surface area contributed by atoms with E-state index in [0.29, 0.717) is 6.54 Å². The second-order valence-corrected chi connectivity index (χ2v) is 6.88. The maximum atomic E-state index is 10.3. The largest absolute Gasteiger partial charge is 0.392 e. The van der Waals surface area contributed by atoms with Gasteiger partial charge in [0.15, 0.2) is 0 Å².